The van der Waals surface area contributed by atoms with Crippen LogP contribution in [0.3, 0.4) is 0 Å². The molecule has 0 aliphatic heterocycles. The van der Waals surface area contributed by atoms with Gasteiger partial charge in [0.05, 0.1) is 11.6 Å². The summed E-state index contributed by atoms with van der Waals surface area (Å²) in [5.41, 5.74) is 1.75. The summed E-state index contributed by atoms with van der Waals surface area (Å²) in [6.45, 7) is 0. The van der Waals surface area contributed by atoms with Gasteiger partial charge in [0.15, 0.2) is 12.4 Å². The summed E-state index contributed by atoms with van der Waals surface area (Å²) in [6, 6.07) is 15.5. The van der Waals surface area contributed by atoms with E-state index in [1.54, 1.807) is 0 Å². The van der Waals surface area contributed by atoms with Crippen LogP contribution in [0, 0.1) is 11.3 Å². The van der Waals surface area contributed by atoms with Crippen molar-refractivity contribution < 1.29 is 17.0 Å². The first-order chi connectivity index (χ1) is 6.90. The third kappa shape index (κ3) is 2.55. The molecule has 2 rings (SSSR count). The van der Waals surface area contributed by atoms with Crippen molar-refractivity contribution in [3.05, 3.63) is 60.4 Å². The fourth-order valence-corrected chi connectivity index (χ4v) is 1.28. The van der Waals surface area contributed by atoms with E-state index < -0.39 is 0 Å². The van der Waals surface area contributed by atoms with E-state index in [1.165, 1.54) is 0 Å². The minimum Gasteiger partial charge on any atom is -1.00 e. The Balaban J connectivity index is 0.00000112. The first kappa shape index (κ1) is 11.2. The quantitative estimate of drug-likeness (QED) is 0.553. The Hall–Kier alpha value is -1.85. The zero-order valence-electron chi connectivity index (χ0n) is 7.97. The van der Waals surface area contributed by atoms with Crippen LogP contribution < -0.4 is 17.0 Å². The summed E-state index contributed by atoms with van der Waals surface area (Å²) in [4.78, 5) is 0. The lowest BCUT2D eigenvalue weighted by Crippen LogP contribution is -3.00. The molecule has 1 aromatic heterocycles. The van der Waals surface area contributed by atoms with Gasteiger partial charge in [0.2, 0.25) is 5.69 Å². The number of rotatable bonds is 1. The summed E-state index contributed by atoms with van der Waals surface area (Å²) >= 11 is 0. The van der Waals surface area contributed by atoms with Crippen LogP contribution in [0.5, 0.6) is 0 Å². The predicted molar refractivity (Wildman–Crippen MR) is 52.7 cm³/mol. The van der Waals surface area contributed by atoms with Gasteiger partial charge in [-0.05, 0) is 12.1 Å². The Labute approximate surface area is 94.8 Å². The third-order valence-electron chi connectivity index (χ3n) is 2.01. The molecule has 0 atom stereocenters. The zero-order chi connectivity index (χ0) is 9.80. The number of benzene rings is 1. The fourth-order valence-electron chi connectivity index (χ4n) is 1.28. The first-order valence-electron chi connectivity index (χ1n) is 4.37. The molecule has 2 nitrogen and oxygen atoms in total. The van der Waals surface area contributed by atoms with Crippen LogP contribution >= 0.6 is 0 Å². The van der Waals surface area contributed by atoms with Crippen molar-refractivity contribution in [3.63, 3.8) is 0 Å². The topological polar surface area (TPSA) is 27.7 Å². The van der Waals surface area contributed by atoms with E-state index in [9.17, 15) is 0 Å². The number of aromatic nitrogens is 1. The molecule has 3 heteroatoms. The van der Waals surface area contributed by atoms with Crippen LogP contribution in [0.2, 0.25) is 0 Å². The molecule has 0 aliphatic rings. The van der Waals surface area contributed by atoms with E-state index in [2.05, 4.69) is 6.07 Å². The molecule has 15 heavy (non-hydrogen) atoms. The average molecular weight is 217 g/mol. The lowest BCUT2D eigenvalue weighted by molar-refractivity contribution is -0.595. The van der Waals surface area contributed by atoms with Crippen molar-refractivity contribution in [1.82, 2.24) is 0 Å². The van der Waals surface area contributed by atoms with Crippen molar-refractivity contribution in [2.75, 3.05) is 0 Å². The predicted octanol–water partition coefficient (Wildman–Crippen LogP) is -1.16. The van der Waals surface area contributed by atoms with Crippen LogP contribution in [-0.4, -0.2) is 0 Å². The molecular formula is C12H9ClN2. The molecule has 0 fully saturated rings. The van der Waals surface area contributed by atoms with Crippen LogP contribution in [0.4, 0.5) is 0 Å². The molecule has 0 radical (unpaired) electrons. The van der Waals surface area contributed by atoms with Gasteiger partial charge < -0.3 is 12.4 Å². The summed E-state index contributed by atoms with van der Waals surface area (Å²) in [7, 11) is 0. The lowest BCUT2D eigenvalue weighted by atomic mass is 10.2. The van der Waals surface area contributed by atoms with E-state index in [0.29, 0.717) is 5.56 Å². The van der Waals surface area contributed by atoms with Crippen LogP contribution in [-0.2, 0) is 0 Å². The molecule has 0 N–H and O–H groups in total. The highest BCUT2D eigenvalue weighted by Crippen LogP contribution is 2.02. The Morgan fingerprint density at radius 3 is 2.07 bits per heavy atom. The molecule has 0 bridgehead atoms. The van der Waals surface area contributed by atoms with E-state index in [4.69, 9.17) is 5.26 Å². The Morgan fingerprint density at radius 1 is 0.933 bits per heavy atom. The maximum absolute atomic E-state index is 8.64. The molecule has 1 heterocycles. The minimum atomic E-state index is 0. The maximum atomic E-state index is 8.64. The van der Waals surface area contributed by atoms with E-state index in [-0.39, 0.29) is 12.4 Å². The zero-order valence-corrected chi connectivity index (χ0v) is 8.72. The van der Waals surface area contributed by atoms with Gasteiger partial charge in [-0.2, -0.15) is 9.83 Å². The van der Waals surface area contributed by atoms with Crippen LogP contribution in [0.1, 0.15) is 5.56 Å². The number of nitrogens with zero attached hydrogens (tertiary/aromatic N) is 2. The van der Waals surface area contributed by atoms with Gasteiger partial charge in [0, 0.05) is 24.3 Å². The Morgan fingerprint density at radius 2 is 1.53 bits per heavy atom. The molecule has 0 unspecified atom stereocenters. The Bertz CT molecular complexity index is 457. The molecule has 0 spiro atoms. The van der Waals surface area contributed by atoms with Crippen LogP contribution in [0.15, 0.2) is 54.9 Å². The van der Waals surface area contributed by atoms with Gasteiger partial charge in [0.1, 0.15) is 0 Å². The largest absolute Gasteiger partial charge is 1.00 e. The Kier molecular flexibility index (Phi) is 3.84. The monoisotopic (exact) mass is 216 g/mol. The highest BCUT2D eigenvalue weighted by Gasteiger charge is 2.02. The maximum Gasteiger partial charge on any atom is 0.210 e. The molecule has 0 aliphatic carbocycles. The average Bonchev–Trinajstić information content (AvgIpc) is 2.30. The first-order valence-corrected chi connectivity index (χ1v) is 4.37. The van der Waals surface area contributed by atoms with Gasteiger partial charge in [-0.1, -0.05) is 6.07 Å². The summed E-state index contributed by atoms with van der Waals surface area (Å²) < 4.78 is 2.00. The second-order valence-corrected chi connectivity index (χ2v) is 2.94. The van der Waals surface area contributed by atoms with Crippen molar-refractivity contribution in [1.29, 1.82) is 5.26 Å². The van der Waals surface area contributed by atoms with Gasteiger partial charge in [-0.25, -0.2) is 0 Å². The van der Waals surface area contributed by atoms with Crippen molar-refractivity contribution in [2.24, 2.45) is 0 Å². The van der Waals surface area contributed by atoms with Crippen molar-refractivity contribution in [2.45, 2.75) is 0 Å². The number of hydrogen-bond donors (Lipinski definition) is 0. The summed E-state index contributed by atoms with van der Waals surface area (Å²) in [5, 5.41) is 8.64. The second-order valence-electron chi connectivity index (χ2n) is 2.94. The minimum absolute atomic E-state index is 0. The SMILES string of the molecule is N#Cc1ccc(-[n+]2ccccc2)cc1.[Cl-]. The molecule has 2 aromatic rings. The molecule has 0 amide bonds. The fraction of sp³-hybridized carbons (Fsp3) is 0. The standard InChI is InChI=1S/C12H9N2.ClH/c13-10-11-4-6-12(7-5-11)14-8-2-1-3-9-14;/h1-9H;1H/q+1;/p-1. The van der Waals surface area contributed by atoms with Gasteiger partial charge in [-0.3, -0.25) is 0 Å². The molecule has 74 valence electrons. The lowest BCUT2D eigenvalue weighted by Gasteiger charge is -1.93. The van der Waals surface area contributed by atoms with Crippen molar-refractivity contribution >= 4 is 0 Å². The van der Waals surface area contributed by atoms with Crippen LogP contribution in [0.25, 0.3) is 5.69 Å². The van der Waals surface area contributed by atoms with E-state index in [0.717, 1.165) is 5.69 Å². The number of pyridine rings is 1. The molecule has 1 aromatic carbocycles. The van der Waals surface area contributed by atoms with Gasteiger partial charge in [0.25, 0.3) is 0 Å². The summed E-state index contributed by atoms with van der Waals surface area (Å²) in [6.07, 6.45) is 3.95. The van der Waals surface area contributed by atoms with Gasteiger partial charge >= 0.3 is 0 Å². The third-order valence-corrected chi connectivity index (χ3v) is 2.01. The number of halogens is 1. The highest BCUT2D eigenvalue weighted by molar-refractivity contribution is 5.34. The number of nitriles is 1. The van der Waals surface area contributed by atoms with Gasteiger partial charge in [-0.15, -0.1) is 0 Å². The molecular weight excluding hydrogens is 208 g/mol. The summed E-state index contributed by atoms with van der Waals surface area (Å²) in [5.74, 6) is 0. The smallest absolute Gasteiger partial charge is 0.210 e. The van der Waals surface area contributed by atoms with E-state index >= 15 is 0 Å². The highest BCUT2D eigenvalue weighted by atomic mass is 35.5. The second kappa shape index (κ2) is 5.14. The van der Waals surface area contributed by atoms with Crippen molar-refractivity contribution in [3.8, 4) is 11.8 Å². The van der Waals surface area contributed by atoms with E-state index in [1.807, 2.05) is 59.4 Å². The number of hydrogen-bond acceptors (Lipinski definition) is 1. The molecule has 0 saturated carbocycles. The molecule has 0 saturated heterocycles. The normalized spacial score (nSPS) is 8.73.